The van der Waals surface area contributed by atoms with Crippen molar-refractivity contribution in [2.45, 2.75) is 13.3 Å². The molecular formula is C13H12BrNO2S. The number of rotatable bonds is 4. The third-order valence-corrected chi connectivity index (χ3v) is 4.00. The maximum atomic E-state index is 12.2. The molecule has 0 aliphatic carbocycles. The topological polar surface area (TPSA) is 39.2 Å². The minimum atomic E-state index is 0.0334. The molecule has 0 fully saturated rings. The molecule has 94 valence electrons. The van der Waals surface area contributed by atoms with Crippen molar-refractivity contribution in [3.8, 4) is 5.75 Å². The van der Waals surface area contributed by atoms with Crippen LogP contribution < -0.4 is 4.74 Å². The van der Waals surface area contributed by atoms with Crippen LogP contribution in [0.25, 0.3) is 0 Å². The van der Waals surface area contributed by atoms with Gasteiger partial charge in [0.05, 0.1) is 24.2 Å². The van der Waals surface area contributed by atoms with Crippen LogP contribution in [-0.4, -0.2) is 17.9 Å². The number of aromatic nitrogens is 1. The number of aryl methyl sites for hydroxylation is 1. The summed E-state index contributed by atoms with van der Waals surface area (Å²) >= 11 is 4.94. The zero-order valence-electron chi connectivity index (χ0n) is 10.1. The Kier molecular flexibility index (Phi) is 4.14. The van der Waals surface area contributed by atoms with Gasteiger partial charge in [0.1, 0.15) is 5.75 Å². The number of ketones is 1. The second kappa shape index (κ2) is 5.63. The summed E-state index contributed by atoms with van der Waals surface area (Å²) < 4.78 is 5.91. The Bertz CT molecular complexity index is 580. The molecule has 0 spiro atoms. The number of carbonyl (C=O) groups excluding carboxylic acids is 1. The van der Waals surface area contributed by atoms with Crippen LogP contribution in [0.3, 0.4) is 0 Å². The SMILES string of the molecule is COc1ccc(Br)c(C(=O)Cc2csc(C)n2)c1. The second-order valence-corrected chi connectivity index (χ2v) is 5.72. The van der Waals surface area contributed by atoms with Crippen molar-refractivity contribution >= 4 is 33.0 Å². The van der Waals surface area contributed by atoms with Crippen LogP contribution in [0.1, 0.15) is 21.1 Å². The van der Waals surface area contributed by atoms with E-state index < -0.39 is 0 Å². The minimum absolute atomic E-state index is 0.0334. The highest BCUT2D eigenvalue weighted by molar-refractivity contribution is 9.10. The molecule has 18 heavy (non-hydrogen) atoms. The number of methoxy groups -OCH3 is 1. The number of Topliss-reactive ketones (excluding diaryl/α,β-unsaturated/α-hetero) is 1. The first-order valence-corrected chi connectivity index (χ1v) is 7.05. The third kappa shape index (κ3) is 2.97. The molecule has 1 heterocycles. The predicted molar refractivity (Wildman–Crippen MR) is 75.6 cm³/mol. The quantitative estimate of drug-likeness (QED) is 0.805. The molecule has 0 saturated carbocycles. The van der Waals surface area contributed by atoms with Gasteiger partial charge in [0.15, 0.2) is 5.78 Å². The first-order chi connectivity index (χ1) is 8.60. The summed E-state index contributed by atoms with van der Waals surface area (Å²) in [5, 5.41) is 2.89. The van der Waals surface area contributed by atoms with E-state index in [1.54, 1.807) is 24.5 Å². The van der Waals surface area contributed by atoms with Crippen molar-refractivity contribution in [1.82, 2.24) is 4.98 Å². The lowest BCUT2D eigenvalue weighted by Crippen LogP contribution is -2.05. The molecule has 0 radical (unpaired) electrons. The maximum absolute atomic E-state index is 12.2. The molecule has 0 atom stereocenters. The van der Waals surface area contributed by atoms with Crippen LogP contribution in [0.5, 0.6) is 5.75 Å². The Hall–Kier alpha value is -1.20. The van der Waals surface area contributed by atoms with Gasteiger partial charge in [0.2, 0.25) is 0 Å². The summed E-state index contributed by atoms with van der Waals surface area (Å²) in [6.07, 6.45) is 0.316. The van der Waals surface area contributed by atoms with Crippen LogP contribution >= 0.6 is 27.3 Å². The number of carbonyl (C=O) groups is 1. The Morgan fingerprint density at radius 1 is 1.50 bits per heavy atom. The van der Waals surface area contributed by atoms with E-state index in [1.165, 1.54) is 0 Å². The molecule has 0 unspecified atom stereocenters. The Labute approximate surface area is 118 Å². The maximum Gasteiger partial charge on any atom is 0.170 e. The van der Waals surface area contributed by atoms with Gasteiger partial charge in [-0.05, 0) is 25.1 Å². The fourth-order valence-electron chi connectivity index (χ4n) is 1.59. The number of hydrogen-bond acceptors (Lipinski definition) is 4. The van der Waals surface area contributed by atoms with Gasteiger partial charge in [-0.25, -0.2) is 4.98 Å². The molecule has 0 aliphatic heterocycles. The lowest BCUT2D eigenvalue weighted by Gasteiger charge is -2.05. The molecule has 3 nitrogen and oxygen atoms in total. The standard InChI is InChI=1S/C13H12BrNO2S/c1-8-15-9(7-18-8)5-13(16)11-6-10(17-2)3-4-12(11)14/h3-4,6-7H,5H2,1-2H3. The molecule has 5 heteroatoms. The van der Waals surface area contributed by atoms with Crippen LogP contribution in [0.15, 0.2) is 28.1 Å². The molecule has 0 saturated heterocycles. The molecule has 1 aromatic carbocycles. The summed E-state index contributed by atoms with van der Waals surface area (Å²) in [4.78, 5) is 16.5. The van der Waals surface area contributed by atoms with Crippen molar-refractivity contribution in [2.75, 3.05) is 7.11 Å². The summed E-state index contributed by atoms with van der Waals surface area (Å²) in [6, 6.07) is 5.37. The zero-order valence-corrected chi connectivity index (χ0v) is 12.5. The number of halogens is 1. The Morgan fingerprint density at radius 2 is 2.28 bits per heavy atom. The van der Waals surface area contributed by atoms with Crippen LogP contribution in [-0.2, 0) is 6.42 Å². The molecule has 0 amide bonds. The average molecular weight is 326 g/mol. The van der Waals surface area contributed by atoms with Crippen molar-refractivity contribution in [1.29, 1.82) is 0 Å². The normalized spacial score (nSPS) is 10.4. The van der Waals surface area contributed by atoms with Crippen LogP contribution in [0, 0.1) is 6.92 Å². The monoisotopic (exact) mass is 325 g/mol. The zero-order chi connectivity index (χ0) is 13.1. The fourth-order valence-corrected chi connectivity index (χ4v) is 2.67. The molecular weight excluding hydrogens is 314 g/mol. The van der Waals surface area contributed by atoms with Crippen LogP contribution in [0.4, 0.5) is 0 Å². The van der Waals surface area contributed by atoms with E-state index in [0.29, 0.717) is 17.7 Å². The lowest BCUT2D eigenvalue weighted by atomic mass is 10.1. The van der Waals surface area contributed by atoms with Gasteiger partial charge in [-0.3, -0.25) is 4.79 Å². The highest BCUT2D eigenvalue weighted by atomic mass is 79.9. The molecule has 2 rings (SSSR count). The number of thiazole rings is 1. The second-order valence-electron chi connectivity index (χ2n) is 3.80. The van der Waals surface area contributed by atoms with Crippen molar-refractivity contribution < 1.29 is 9.53 Å². The van der Waals surface area contributed by atoms with E-state index in [0.717, 1.165) is 15.2 Å². The van der Waals surface area contributed by atoms with Gasteiger partial charge < -0.3 is 4.74 Å². The van der Waals surface area contributed by atoms with Gasteiger partial charge in [-0.15, -0.1) is 11.3 Å². The Balaban J connectivity index is 2.23. The van der Waals surface area contributed by atoms with E-state index in [2.05, 4.69) is 20.9 Å². The third-order valence-electron chi connectivity index (χ3n) is 2.48. The van der Waals surface area contributed by atoms with Gasteiger partial charge >= 0.3 is 0 Å². The minimum Gasteiger partial charge on any atom is -0.497 e. The van der Waals surface area contributed by atoms with Gasteiger partial charge in [0, 0.05) is 15.4 Å². The fraction of sp³-hybridized carbons (Fsp3) is 0.231. The average Bonchev–Trinajstić information content (AvgIpc) is 2.75. The summed E-state index contributed by atoms with van der Waals surface area (Å²) in [5.41, 5.74) is 1.44. The van der Waals surface area contributed by atoms with E-state index in [-0.39, 0.29) is 5.78 Å². The van der Waals surface area contributed by atoms with E-state index >= 15 is 0 Å². The van der Waals surface area contributed by atoms with E-state index in [9.17, 15) is 4.79 Å². The number of benzene rings is 1. The smallest absolute Gasteiger partial charge is 0.170 e. The molecule has 0 bridgehead atoms. The number of nitrogens with zero attached hydrogens (tertiary/aromatic N) is 1. The van der Waals surface area contributed by atoms with E-state index in [4.69, 9.17) is 4.74 Å². The highest BCUT2D eigenvalue weighted by Gasteiger charge is 2.13. The predicted octanol–water partition coefficient (Wildman–Crippen LogP) is 3.65. The first kappa shape index (κ1) is 13.2. The summed E-state index contributed by atoms with van der Waals surface area (Å²) in [7, 11) is 1.58. The lowest BCUT2D eigenvalue weighted by molar-refractivity contribution is 0.0991. The van der Waals surface area contributed by atoms with Gasteiger partial charge in [0.25, 0.3) is 0 Å². The van der Waals surface area contributed by atoms with E-state index in [1.807, 2.05) is 24.4 Å². The Morgan fingerprint density at radius 3 is 2.89 bits per heavy atom. The molecule has 0 N–H and O–H groups in total. The summed E-state index contributed by atoms with van der Waals surface area (Å²) in [6.45, 7) is 1.93. The van der Waals surface area contributed by atoms with Crippen molar-refractivity contribution in [2.24, 2.45) is 0 Å². The number of hydrogen-bond donors (Lipinski definition) is 0. The molecule has 0 aliphatic rings. The molecule has 2 aromatic rings. The van der Waals surface area contributed by atoms with Gasteiger partial charge in [-0.1, -0.05) is 15.9 Å². The molecule has 1 aromatic heterocycles. The number of ether oxygens (including phenoxy) is 1. The largest absolute Gasteiger partial charge is 0.497 e. The van der Waals surface area contributed by atoms with Crippen LogP contribution in [0.2, 0.25) is 0 Å². The van der Waals surface area contributed by atoms with Crippen molar-refractivity contribution in [3.63, 3.8) is 0 Å². The van der Waals surface area contributed by atoms with Crippen molar-refractivity contribution in [3.05, 3.63) is 44.3 Å². The first-order valence-electron chi connectivity index (χ1n) is 5.38. The summed E-state index contributed by atoms with van der Waals surface area (Å²) in [5.74, 6) is 0.710. The van der Waals surface area contributed by atoms with Gasteiger partial charge in [-0.2, -0.15) is 0 Å². The highest BCUT2D eigenvalue weighted by Crippen LogP contribution is 2.24.